The van der Waals surface area contributed by atoms with Crippen molar-refractivity contribution >= 4 is 35.0 Å². The Bertz CT molecular complexity index is 504. The maximum Gasteiger partial charge on any atom is 0.156 e. The Morgan fingerprint density at radius 1 is 1.43 bits per heavy atom. The minimum absolute atomic E-state index is 0.376. The lowest BCUT2D eigenvalue weighted by atomic mass is 10.2. The average Bonchev–Trinajstić information content (AvgIpc) is 2.60. The van der Waals surface area contributed by atoms with Crippen molar-refractivity contribution < 1.29 is 4.79 Å². The molecule has 0 unspecified atom stereocenters. The highest BCUT2D eigenvalue weighted by molar-refractivity contribution is 6.33. The van der Waals surface area contributed by atoms with Crippen LogP contribution in [0.5, 0.6) is 0 Å². The van der Waals surface area contributed by atoms with E-state index in [1.165, 1.54) is 12.4 Å². The number of aromatic amines is 1. The van der Waals surface area contributed by atoms with Crippen LogP contribution < -0.4 is 0 Å². The van der Waals surface area contributed by atoms with Gasteiger partial charge in [0.15, 0.2) is 5.15 Å². The van der Waals surface area contributed by atoms with Crippen LogP contribution in [0, 0.1) is 0 Å². The van der Waals surface area contributed by atoms with E-state index in [9.17, 15) is 4.79 Å². The highest BCUT2D eigenvalue weighted by Gasteiger charge is 2.05. The second kappa shape index (κ2) is 3.59. The number of aldehydes is 1. The lowest BCUT2D eigenvalue weighted by molar-refractivity contribution is -0.104. The molecule has 0 fully saturated rings. The summed E-state index contributed by atoms with van der Waals surface area (Å²) in [5, 5.41) is 0.376. The Morgan fingerprint density at radius 3 is 3.07 bits per heavy atom. The summed E-state index contributed by atoms with van der Waals surface area (Å²) in [6.45, 7) is 0. The van der Waals surface area contributed by atoms with Gasteiger partial charge in [0, 0.05) is 11.8 Å². The van der Waals surface area contributed by atoms with Crippen LogP contribution in [-0.4, -0.2) is 21.2 Å². The number of aromatic nitrogens is 3. The number of fused-ring (bicyclic) bond motifs is 1. The Morgan fingerprint density at radius 2 is 2.29 bits per heavy atom. The van der Waals surface area contributed by atoms with E-state index in [0.717, 1.165) is 5.56 Å². The first kappa shape index (κ1) is 8.90. The molecule has 2 aromatic heterocycles. The average molecular weight is 208 g/mol. The van der Waals surface area contributed by atoms with Crippen molar-refractivity contribution in [3.05, 3.63) is 29.3 Å². The van der Waals surface area contributed by atoms with Crippen LogP contribution >= 0.6 is 11.6 Å². The van der Waals surface area contributed by atoms with E-state index in [-0.39, 0.29) is 0 Å². The molecular formula is C9H6ClN3O. The standard InChI is InChI=1S/C9H6ClN3O/c10-9-8-7(12-5-13-9)6(4-11-8)2-1-3-14/h1-5,11H. The van der Waals surface area contributed by atoms with Gasteiger partial charge in [-0.15, -0.1) is 0 Å². The number of hydrogen-bond donors (Lipinski definition) is 1. The number of halogens is 1. The summed E-state index contributed by atoms with van der Waals surface area (Å²) >= 11 is 5.83. The zero-order valence-electron chi connectivity index (χ0n) is 7.07. The topological polar surface area (TPSA) is 58.6 Å². The summed E-state index contributed by atoms with van der Waals surface area (Å²) in [6, 6.07) is 0. The van der Waals surface area contributed by atoms with Crippen molar-refractivity contribution in [1.82, 2.24) is 15.0 Å². The van der Waals surface area contributed by atoms with E-state index >= 15 is 0 Å². The van der Waals surface area contributed by atoms with Crippen LogP contribution in [0.25, 0.3) is 17.1 Å². The highest BCUT2D eigenvalue weighted by Crippen LogP contribution is 2.21. The fourth-order valence-electron chi connectivity index (χ4n) is 1.20. The predicted octanol–water partition coefficient (Wildman–Crippen LogP) is 1.82. The van der Waals surface area contributed by atoms with Gasteiger partial charge in [0.25, 0.3) is 0 Å². The number of hydrogen-bond acceptors (Lipinski definition) is 3. The fraction of sp³-hybridized carbons (Fsp3) is 0. The van der Waals surface area contributed by atoms with Crippen molar-refractivity contribution in [2.75, 3.05) is 0 Å². The molecule has 0 bridgehead atoms. The summed E-state index contributed by atoms with van der Waals surface area (Å²) < 4.78 is 0. The van der Waals surface area contributed by atoms with Gasteiger partial charge in [-0.05, 0) is 12.2 Å². The molecule has 14 heavy (non-hydrogen) atoms. The second-order valence-electron chi connectivity index (χ2n) is 2.63. The molecule has 2 rings (SSSR count). The smallest absolute Gasteiger partial charge is 0.156 e. The summed E-state index contributed by atoms with van der Waals surface area (Å²) in [5.74, 6) is 0. The Labute approximate surface area is 84.6 Å². The molecule has 1 N–H and O–H groups in total. The SMILES string of the molecule is O=CC=Cc1c[nH]c2c(Cl)ncnc12. The minimum Gasteiger partial charge on any atom is -0.357 e. The third-order valence-electron chi connectivity index (χ3n) is 1.80. The van der Waals surface area contributed by atoms with Gasteiger partial charge in [0.1, 0.15) is 23.6 Å². The second-order valence-corrected chi connectivity index (χ2v) is 2.99. The molecule has 2 aromatic rings. The first-order chi connectivity index (χ1) is 6.83. The van der Waals surface area contributed by atoms with Gasteiger partial charge in [-0.2, -0.15) is 0 Å². The Kier molecular flexibility index (Phi) is 2.28. The van der Waals surface area contributed by atoms with Crippen LogP contribution in [0.3, 0.4) is 0 Å². The van der Waals surface area contributed by atoms with Gasteiger partial charge in [-0.1, -0.05) is 11.6 Å². The lowest BCUT2D eigenvalue weighted by Gasteiger charge is -1.91. The molecule has 0 aliphatic carbocycles. The maximum absolute atomic E-state index is 10.1. The van der Waals surface area contributed by atoms with Gasteiger partial charge < -0.3 is 4.98 Å². The van der Waals surface area contributed by atoms with E-state index in [1.54, 1.807) is 12.3 Å². The first-order valence-electron chi connectivity index (χ1n) is 3.92. The number of H-pyrrole nitrogens is 1. The van der Waals surface area contributed by atoms with Crippen molar-refractivity contribution in [3.8, 4) is 0 Å². The van der Waals surface area contributed by atoms with Crippen LogP contribution in [0.1, 0.15) is 5.56 Å². The molecule has 5 heteroatoms. The predicted molar refractivity (Wildman–Crippen MR) is 54.0 cm³/mol. The molecular weight excluding hydrogens is 202 g/mol. The van der Waals surface area contributed by atoms with Crippen molar-refractivity contribution in [2.45, 2.75) is 0 Å². The molecule has 0 aliphatic rings. The van der Waals surface area contributed by atoms with Gasteiger partial charge in [-0.3, -0.25) is 4.79 Å². The first-order valence-corrected chi connectivity index (χ1v) is 4.30. The molecule has 0 saturated heterocycles. The molecule has 0 amide bonds. The zero-order valence-corrected chi connectivity index (χ0v) is 7.82. The monoisotopic (exact) mass is 207 g/mol. The number of allylic oxidation sites excluding steroid dienone is 1. The van der Waals surface area contributed by atoms with Crippen molar-refractivity contribution in [3.63, 3.8) is 0 Å². The Balaban J connectivity index is 2.63. The molecule has 0 aliphatic heterocycles. The molecule has 4 nitrogen and oxygen atoms in total. The number of carbonyl (C=O) groups excluding carboxylic acids is 1. The van der Waals surface area contributed by atoms with Crippen LogP contribution in [0.2, 0.25) is 5.15 Å². The zero-order chi connectivity index (χ0) is 9.97. The normalized spacial score (nSPS) is 11.2. The van der Waals surface area contributed by atoms with Gasteiger partial charge in [-0.25, -0.2) is 9.97 Å². The van der Waals surface area contributed by atoms with Gasteiger partial charge >= 0.3 is 0 Å². The largest absolute Gasteiger partial charge is 0.357 e. The molecule has 0 radical (unpaired) electrons. The Hall–Kier alpha value is -1.68. The van der Waals surface area contributed by atoms with E-state index < -0.39 is 0 Å². The highest BCUT2D eigenvalue weighted by atomic mass is 35.5. The maximum atomic E-state index is 10.1. The quantitative estimate of drug-likeness (QED) is 0.464. The molecule has 0 saturated carbocycles. The van der Waals surface area contributed by atoms with Gasteiger partial charge in [0.2, 0.25) is 0 Å². The van der Waals surface area contributed by atoms with E-state index in [2.05, 4.69) is 15.0 Å². The molecule has 70 valence electrons. The number of nitrogens with zero attached hydrogens (tertiary/aromatic N) is 2. The third kappa shape index (κ3) is 1.40. The van der Waals surface area contributed by atoms with Gasteiger partial charge in [0.05, 0.1) is 0 Å². The minimum atomic E-state index is 0.376. The molecule has 0 spiro atoms. The van der Waals surface area contributed by atoms with Crippen LogP contribution in [-0.2, 0) is 4.79 Å². The van der Waals surface area contributed by atoms with E-state index in [1.807, 2.05) is 0 Å². The third-order valence-corrected chi connectivity index (χ3v) is 2.09. The van der Waals surface area contributed by atoms with Crippen LogP contribution in [0.15, 0.2) is 18.6 Å². The number of rotatable bonds is 2. The number of carbonyl (C=O) groups is 1. The summed E-state index contributed by atoms with van der Waals surface area (Å²) in [6.07, 6.45) is 6.89. The summed E-state index contributed by atoms with van der Waals surface area (Å²) in [5.41, 5.74) is 2.21. The summed E-state index contributed by atoms with van der Waals surface area (Å²) in [7, 11) is 0. The van der Waals surface area contributed by atoms with Crippen molar-refractivity contribution in [2.24, 2.45) is 0 Å². The van der Waals surface area contributed by atoms with E-state index in [4.69, 9.17) is 11.6 Å². The molecule has 0 aromatic carbocycles. The lowest BCUT2D eigenvalue weighted by Crippen LogP contribution is -1.81. The van der Waals surface area contributed by atoms with E-state index in [0.29, 0.717) is 22.5 Å². The fourth-order valence-corrected chi connectivity index (χ4v) is 1.39. The molecule has 0 atom stereocenters. The molecule has 2 heterocycles. The summed E-state index contributed by atoms with van der Waals surface area (Å²) in [4.78, 5) is 21.0. The van der Waals surface area contributed by atoms with Crippen LogP contribution in [0.4, 0.5) is 0 Å². The van der Waals surface area contributed by atoms with Crippen molar-refractivity contribution in [1.29, 1.82) is 0 Å². The number of nitrogens with one attached hydrogen (secondary N) is 1.